The summed E-state index contributed by atoms with van der Waals surface area (Å²) in [5.41, 5.74) is 10.7. The number of H-pyrrole nitrogens is 1. The van der Waals surface area contributed by atoms with Crippen LogP contribution in [-0.2, 0) is 6.61 Å². The van der Waals surface area contributed by atoms with E-state index in [2.05, 4.69) is 19.9 Å². The summed E-state index contributed by atoms with van der Waals surface area (Å²) in [4.78, 5) is 24.9. The summed E-state index contributed by atoms with van der Waals surface area (Å²) in [6.45, 7) is -0.477. The number of rotatable bonds is 1. The second kappa shape index (κ2) is 3.17. The fraction of sp³-hybridized carbons (Fsp3) is 0.143. The Morgan fingerprint density at radius 3 is 2.67 bits per heavy atom. The first-order chi connectivity index (χ1) is 7.11. The van der Waals surface area contributed by atoms with Gasteiger partial charge in [0.05, 0.1) is 6.61 Å². The number of nitrogens with zero attached hydrogens (tertiary/aromatic N) is 3. The van der Waals surface area contributed by atoms with Gasteiger partial charge < -0.3 is 21.6 Å². The number of nitrogen functional groups attached to an aromatic ring is 2. The zero-order valence-corrected chi connectivity index (χ0v) is 7.56. The number of fused-ring (bicyclic) bond motifs is 1. The number of hydrogen-bond acceptors (Lipinski definition) is 7. The second-order valence-corrected chi connectivity index (χ2v) is 2.83. The summed E-state index contributed by atoms with van der Waals surface area (Å²) in [5, 5.41) is 8.83. The SMILES string of the molecule is Nc1nc(N)c2nc(CO)c(=O)[nH]c2n1. The Balaban J connectivity index is 2.87. The van der Waals surface area contributed by atoms with Gasteiger partial charge in [-0.2, -0.15) is 9.97 Å². The average Bonchev–Trinajstić information content (AvgIpc) is 2.16. The maximum Gasteiger partial charge on any atom is 0.273 e. The van der Waals surface area contributed by atoms with Crippen LogP contribution >= 0.6 is 0 Å². The zero-order chi connectivity index (χ0) is 11.0. The Morgan fingerprint density at radius 2 is 2.00 bits per heavy atom. The fourth-order valence-electron chi connectivity index (χ4n) is 1.16. The van der Waals surface area contributed by atoms with Gasteiger partial charge in [0.25, 0.3) is 5.56 Å². The van der Waals surface area contributed by atoms with Gasteiger partial charge in [-0.15, -0.1) is 0 Å². The Hall–Kier alpha value is -2.22. The van der Waals surface area contributed by atoms with E-state index in [9.17, 15) is 4.79 Å². The quantitative estimate of drug-likeness (QED) is 0.440. The van der Waals surface area contributed by atoms with E-state index in [4.69, 9.17) is 16.6 Å². The van der Waals surface area contributed by atoms with Crippen LogP contribution in [0.25, 0.3) is 11.2 Å². The van der Waals surface area contributed by atoms with Gasteiger partial charge in [0.1, 0.15) is 11.2 Å². The van der Waals surface area contributed by atoms with Crippen LogP contribution < -0.4 is 17.0 Å². The molecule has 0 atom stereocenters. The van der Waals surface area contributed by atoms with E-state index in [0.29, 0.717) is 0 Å². The number of anilines is 2. The van der Waals surface area contributed by atoms with Crippen molar-refractivity contribution >= 4 is 22.9 Å². The van der Waals surface area contributed by atoms with Crippen molar-refractivity contribution in [3.63, 3.8) is 0 Å². The standard InChI is InChI=1S/C7H8N6O2/c8-4-3-5(13-7(9)11-4)12-6(15)2(1-14)10-3/h14H,1H2,(H5,8,9,11,12,13,15). The lowest BCUT2D eigenvalue weighted by Gasteiger charge is -2.02. The topological polar surface area (TPSA) is 144 Å². The van der Waals surface area contributed by atoms with Crippen molar-refractivity contribution in [2.75, 3.05) is 11.5 Å². The predicted octanol–water partition coefficient (Wildman–Crippen LogP) is -1.63. The summed E-state index contributed by atoms with van der Waals surface area (Å²) in [6, 6.07) is 0. The van der Waals surface area contributed by atoms with Gasteiger partial charge >= 0.3 is 0 Å². The number of aromatic amines is 1. The van der Waals surface area contributed by atoms with Gasteiger partial charge in [-0.1, -0.05) is 0 Å². The van der Waals surface area contributed by atoms with Gasteiger partial charge in [-0.25, -0.2) is 4.98 Å². The van der Waals surface area contributed by atoms with Crippen molar-refractivity contribution in [1.82, 2.24) is 19.9 Å². The van der Waals surface area contributed by atoms with Crippen molar-refractivity contribution < 1.29 is 5.11 Å². The molecule has 2 heterocycles. The molecule has 0 spiro atoms. The molecule has 0 aliphatic rings. The molecule has 0 amide bonds. The Bertz CT molecular complexity index is 577. The molecule has 8 nitrogen and oxygen atoms in total. The summed E-state index contributed by atoms with van der Waals surface area (Å²) < 4.78 is 0. The average molecular weight is 208 g/mol. The van der Waals surface area contributed by atoms with Gasteiger partial charge in [0, 0.05) is 0 Å². The molecule has 0 unspecified atom stereocenters. The third-order valence-electron chi connectivity index (χ3n) is 1.82. The van der Waals surface area contributed by atoms with Crippen molar-refractivity contribution in [3.05, 3.63) is 16.0 Å². The number of hydrogen-bond donors (Lipinski definition) is 4. The van der Waals surface area contributed by atoms with Crippen LogP contribution in [0.3, 0.4) is 0 Å². The van der Waals surface area contributed by atoms with Gasteiger partial charge in [-0.3, -0.25) is 4.79 Å². The molecule has 2 aromatic heterocycles. The largest absolute Gasteiger partial charge is 0.390 e. The van der Waals surface area contributed by atoms with Crippen molar-refractivity contribution in [3.8, 4) is 0 Å². The minimum Gasteiger partial charge on any atom is -0.390 e. The van der Waals surface area contributed by atoms with Crippen LogP contribution in [0, 0.1) is 0 Å². The van der Waals surface area contributed by atoms with E-state index >= 15 is 0 Å². The molecule has 0 aliphatic heterocycles. The van der Waals surface area contributed by atoms with Crippen LogP contribution in [0.2, 0.25) is 0 Å². The molecule has 0 aliphatic carbocycles. The van der Waals surface area contributed by atoms with E-state index in [-0.39, 0.29) is 28.6 Å². The zero-order valence-electron chi connectivity index (χ0n) is 7.56. The number of aliphatic hydroxyl groups is 1. The first-order valence-corrected chi connectivity index (χ1v) is 4.04. The molecule has 0 fully saturated rings. The summed E-state index contributed by atoms with van der Waals surface area (Å²) in [5.74, 6) is 0.0117. The molecular weight excluding hydrogens is 200 g/mol. The highest BCUT2D eigenvalue weighted by atomic mass is 16.3. The molecule has 15 heavy (non-hydrogen) atoms. The molecule has 0 saturated carbocycles. The summed E-state index contributed by atoms with van der Waals surface area (Å²) in [7, 11) is 0. The first-order valence-electron chi connectivity index (χ1n) is 4.04. The number of nitrogens with two attached hydrogens (primary N) is 2. The lowest BCUT2D eigenvalue weighted by Crippen LogP contribution is -2.17. The third-order valence-corrected chi connectivity index (χ3v) is 1.82. The Kier molecular flexibility index (Phi) is 1.97. The van der Waals surface area contributed by atoms with E-state index < -0.39 is 12.2 Å². The first kappa shape index (κ1) is 9.34. The molecule has 2 rings (SSSR count). The maximum atomic E-state index is 11.3. The molecular formula is C7H8N6O2. The molecule has 78 valence electrons. The molecule has 8 heteroatoms. The van der Waals surface area contributed by atoms with Crippen LogP contribution in [0.1, 0.15) is 5.69 Å². The molecule has 0 radical (unpaired) electrons. The van der Waals surface area contributed by atoms with Crippen LogP contribution in [0.15, 0.2) is 4.79 Å². The van der Waals surface area contributed by atoms with Gasteiger partial charge in [0.15, 0.2) is 11.5 Å². The van der Waals surface area contributed by atoms with Crippen LogP contribution in [0.5, 0.6) is 0 Å². The minimum absolute atomic E-state index is 0.0393. The van der Waals surface area contributed by atoms with E-state index in [0.717, 1.165) is 0 Å². The number of aliphatic hydroxyl groups excluding tert-OH is 1. The molecule has 2 aromatic rings. The summed E-state index contributed by atoms with van der Waals surface area (Å²) >= 11 is 0. The maximum absolute atomic E-state index is 11.3. The molecule has 6 N–H and O–H groups in total. The van der Waals surface area contributed by atoms with Crippen molar-refractivity contribution in [2.45, 2.75) is 6.61 Å². The Morgan fingerprint density at radius 1 is 1.27 bits per heavy atom. The lowest BCUT2D eigenvalue weighted by molar-refractivity contribution is 0.275. The normalized spacial score (nSPS) is 10.7. The second-order valence-electron chi connectivity index (χ2n) is 2.83. The van der Waals surface area contributed by atoms with Crippen molar-refractivity contribution in [1.29, 1.82) is 0 Å². The number of nitrogens with one attached hydrogen (secondary N) is 1. The van der Waals surface area contributed by atoms with Crippen LogP contribution in [0.4, 0.5) is 11.8 Å². The lowest BCUT2D eigenvalue weighted by atomic mass is 10.4. The predicted molar refractivity (Wildman–Crippen MR) is 52.7 cm³/mol. The van der Waals surface area contributed by atoms with Crippen LogP contribution in [-0.4, -0.2) is 25.0 Å². The van der Waals surface area contributed by atoms with E-state index in [1.807, 2.05) is 0 Å². The van der Waals surface area contributed by atoms with E-state index in [1.54, 1.807) is 0 Å². The minimum atomic E-state index is -0.525. The molecule has 0 bridgehead atoms. The van der Waals surface area contributed by atoms with Crippen molar-refractivity contribution in [2.24, 2.45) is 0 Å². The highest BCUT2D eigenvalue weighted by molar-refractivity contribution is 5.81. The van der Waals surface area contributed by atoms with E-state index in [1.165, 1.54) is 0 Å². The van der Waals surface area contributed by atoms with Gasteiger partial charge in [-0.05, 0) is 0 Å². The Labute approximate surface area is 83.0 Å². The highest BCUT2D eigenvalue weighted by Gasteiger charge is 2.09. The smallest absolute Gasteiger partial charge is 0.273 e. The summed E-state index contributed by atoms with van der Waals surface area (Å²) in [6.07, 6.45) is 0. The molecule has 0 aromatic carbocycles. The number of aromatic nitrogens is 4. The highest BCUT2D eigenvalue weighted by Crippen LogP contribution is 2.12. The molecule has 0 saturated heterocycles. The van der Waals surface area contributed by atoms with Gasteiger partial charge in [0.2, 0.25) is 5.95 Å². The third kappa shape index (κ3) is 1.46. The monoisotopic (exact) mass is 208 g/mol. The fourth-order valence-corrected chi connectivity index (χ4v) is 1.16.